The molecule has 112 valence electrons. The molecule has 0 aliphatic carbocycles. The molecule has 0 saturated heterocycles. The maximum absolute atomic E-state index is 12.3. The third-order valence-corrected chi connectivity index (χ3v) is 7.91. The fraction of sp³-hybridized carbons (Fsp3) is 0.500. The van der Waals surface area contributed by atoms with Gasteiger partial charge in [0.2, 0.25) is 8.32 Å². The van der Waals surface area contributed by atoms with Crippen LogP contribution in [0.4, 0.5) is 13.2 Å². The molecule has 0 fully saturated rings. The number of alkyl halides is 3. The predicted octanol–water partition coefficient (Wildman–Crippen LogP) is 4.82. The van der Waals surface area contributed by atoms with Crippen molar-refractivity contribution in [3.63, 3.8) is 0 Å². The van der Waals surface area contributed by atoms with Crippen LogP contribution in [0.5, 0.6) is 5.75 Å². The maximum Gasteiger partial charge on any atom is 0.454 e. The van der Waals surface area contributed by atoms with Crippen molar-refractivity contribution in [2.45, 2.75) is 45.1 Å². The van der Waals surface area contributed by atoms with E-state index in [2.05, 4.69) is 20.8 Å². The minimum absolute atomic E-state index is 0.00649. The van der Waals surface area contributed by atoms with Crippen LogP contribution in [0.15, 0.2) is 24.3 Å². The molecule has 0 aliphatic rings. The topological polar surface area (TPSA) is 26.3 Å². The highest BCUT2D eigenvalue weighted by molar-refractivity contribution is 6.74. The van der Waals surface area contributed by atoms with Gasteiger partial charge in [0, 0.05) is 5.56 Å². The van der Waals surface area contributed by atoms with Crippen LogP contribution in [-0.2, 0) is 0 Å². The van der Waals surface area contributed by atoms with E-state index in [1.165, 1.54) is 12.1 Å². The van der Waals surface area contributed by atoms with Crippen molar-refractivity contribution in [3.8, 4) is 5.75 Å². The molecule has 0 amide bonds. The van der Waals surface area contributed by atoms with Crippen LogP contribution in [-0.4, -0.2) is 20.3 Å². The molecule has 0 heterocycles. The lowest BCUT2D eigenvalue weighted by molar-refractivity contribution is -0.0885. The number of halogens is 3. The number of hydrogen-bond acceptors (Lipinski definition) is 2. The summed E-state index contributed by atoms with van der Waals surface area (Å²) < 4.78 is 42.8. The number of carbonyl (C=O) groups excluding carboxylic acids is 1. The third kappa shape index (κ3) is 3.85. The van der Waals surface area contributed by atoms with Crippen LogP contribution in [0.25, 0.3) is 0 Å². The average molecular weight is 304 g/mol. The Labute approximate surface area is 118 Å². The predicted molar refractivity (Wildman–Crippen MR) is 74.7 cm³/mol. The Morgan fingerprint density at radius 2 is 1.50 bits per heavy atom. The Morgan fingerprint density at radius 3 is 1.85 bits per heavy atom. The van der Waals surface area contributed by atoms with Crippen molar-refractivity contribution in [2.24, 2.45) is 0 Å². The van der Waals surface area contributed by atoms with Crippen LogP contribution >= 0.6 is 0 Å². The Hall–Kier alpha value is -1.30. The summed E-state index contributed by atoms with van der Waals surface area (Å²) in [6.45, 7) is 10.3. The first kappa shape index (κ1) is 16.8. The van der Waals surface area contributed by atoms with Gasteiger partial charge in [-0.05, 0) is 42.4 Å². The van der Waals surface area contributed by atoms with E-state index >= 15 is 0 Å². The van der Waals surface area contributed by atoms with Gasteiger partial charge in [-0.15, -0.1) is 0 Å². The zero-order chi connectivity index (χ0) is 15.8. The number of hydrogen-bond donors (Lipinski definition) is 0. The van der Waals surface area contributed by atoms with E-state index in [4.69, 9.17) is 4.43 Å². The number of carbonyl (C=O) groups is 1. The fourth-order valence-electron chi connectivity index (χ4n) is 1.29. The monoisotopic (exact) mass is 304 g/mol. The fourth-order valence-corrected chi connectivity index (χ4v) is 2.32. The van der Waals surface area contributed by atoms with E-state index in [0.717, 1.165) is 12.1 Å². The second kappa shape index (κ2) is 5.24. The highest BCUT2D eigenvalue weighted by Gasteiger charge is 2.40. The van der Waals surface area contributed by atoms with E-state index < -0.39 is 20.3 Å². The van der Waals surface area contributed by atoms with Gasteiger partial charge in [-0.1, -0.05) is 20.8 Å². The van der Waals surface area contributed by atoms with Crippen molar-refractivity contribution in [1.29, 1.82) is 0 Å². The summed E-state index contributed by atoms with van der Waals surface area (Å²) in [5, 5.41) is -0.00649. The number of rotatable bonds is 3. The molecule has 0 bridgehead atoms. The molecule has 0 N–H and O–H groups in total. The molecule has 0 aromatic heterocycles. The van der Waals surface area contributed by atoms with Crippen LogP contribution < -0.4 is 4.43 Å². The molecule has 1 rings (SSSR count). The zero-order valence-electron chi connectivity index (χ0n) is 12.3. The minimum Gasteiger partial charge on any atom is -0.544 e. The maximum atomic E-state index is 12.3. The molecule has 6 heteroatoms. The SMILES string of the molecule is CC(C)(C)[Si](C)(C)Oc1ccc(C(=O)C(F)(F)F)cc1. The van der Waals surface area contributed by atoms with Crippen LogP contribution in [0.3, 0.4) is 0 Å². The molecular formula is C14H19F3O2Si. The van der Waals surface area contributed by atoms with Gasteiger partial charge in [0.15, 0.2) is 0 Å². The smallest absolute Gasteiger partial charge is 0.454 e. The summed E-state index contributed by atoms with van der Waals surface area (Å²) in [4.78, 5) is 11.1. The van der Waals surface area contributed by atoms with Crippen LogP contribution in [0.1, 0.15) is 31.1 Å². The first-order valence-electron chi connectivity index (χ1n) is 6.25. The van der Waals surface area contributed by atoms with Gasteiger partial charge in [0.25, 0.3) is 5.78 Å². The first-order chi connectivity index (χ1) is 8.84. The summed E-state index contributed by atoms with van der Waals surface area (Å²) in [5.41, 5.74) is -0.375. The molecule has 20 heavy (non-hydrogen) atoms. The molecule has 1 aromatic carbocycles. The lowest BCUT2D eigenvalue weighted by atomic mass is 10.1. The Morgan fingerprint density at radius 1 is 1.05 bits per heavy atom. The molecule has 0 atom stereocenters. The average Bonchev–Trinajstić information content (AvgIpc) is 2.26. The molecule has 0 unspecified atom stereocenters. The zero-order valence-corrected chi connectivity index (χ0v) is 13.3. The van der Waals surface area contributed by atoms with Crippen molar-refractivity contribution < 1.29 is 22.4 Å². The van der Waals surface area contributed by atoms with Crippen molar-refractivity contribution in [2.75, 3.05) is 0 Å². The van der Waals surface area contributed by atoms with Gasteiger partial charge in [-0.3, -0.25) is 4.79 Å². The van der Waals surface area contributed by atoms with E-state index in [1.807, 2.05) is 13.1 Å². The normalized spacial score (nSPS) is 13.2. The van der Waals surface area contributed by atoms with E-state index in [-0.39, 0.29) is 10.6 Å². The van der Waals surface area contributed by atoms with Gasteiger partial charge in [0.05, 0.1) is 0 Å². The molecule has 1 aromatic rings. The summed E-state index contributed by atoms with van der Waals surface area (Å²) in [6.07, 6.45) is -4.85. The summed E-state index contributed by atoms with van der Waals surface area (Å²) >= 11 is 0. The summed E-state index contributed by atoms with van der Waals surface area (Å²) in [6, 6.07) is 5.13. The summed E-state index contributed by atoms with van der Waals surface area (Å²) in [5.74, 6) is -1.34. The lowest BCUT2D eigenvalue weighted by Crippen LogP contribution is -2.43. The van der Waals surface area contributed by atoms with Gasteiger partial charge in [-0.2, -0.15) is 13.2 Å². The standard InChI is InChI=1S/C14H19F3O2Si/c1-13(2,3)20(4,5)19-11-8-6-10(7-9-11)12(18)14(15,16)17/h6-9H,1-5H3. The molecule has 2 nitrogen and oxygen atoms in total. The highest BCUT2D eigenvalue weighted by Crippen LogP contribution is 2.37. The first-order valence-corrected chi connectivity index (χ1v) is 9.16. The van der Waals surface area contributed by atoms with Gasteiger partial charge in [0.1, 0.15) is 5.75 Å². The minimum atomic E-state index is -4.85. The number of Topliss-reactive ketones (excluding diaryl/α,β-unsaturated/α-hetero) is 1. The van der Waals surface area contributed by atoms with Crippen molar-refractivity contribution in [1.82, 2.24) is 0 Å². The van der Waals surface area contributed by atoms with E-state index in [9.17, 15) is 18.0 Å². The molecule has 0 radical (unpaired) electrons. The molecule has 0 spiro atoms. The van der Waals surface area contributed by atoms with Crippen LogP contribution in [0.2, 0.25) is 18.1 Å². The second-order valence-electron chi connectivity index (χ2n) is 6.21. The van der Waals surface area contributed by atoms with E-state index in [1.54, 1.807) is 0 Å². The van der Waals surface area contributed by atoms with Gasteiger partial charge in [-0.25, -0.2) is 0 Å². The lowest BCUT2D eigenvalue weighted by Gasteiger charge is -2.36. The highest BCUT2D eigenvalue weighted by atomic mass is 28.4. The van der Waals surface area contributed by atoms with Crippen molar-refractivity contribution >= 4 is 14.1 Å². The van der Waals surface area contributed by atoms with Gasteiger partial charge < -0.3 is 4.43 Å². The second-order valence-corrected chi connectivity index (χ2v) is 10.9. The number of benzene rings is 1. The summed E-state index contributed by atoms with van der Waals surface area (Å²) in [7, 11) is -2.03. The Kier molecular flexibility index (Phi) is 4.39. The quantitative estimate of drug-likeness (QED) is 0.591. The third-order valence-electron chi connectivity index (χ3n) is 3.55. The van der Waals surface area contributed by atoms with Crippen LogP contribution in [0, 0.1) is 0 Å². The van der Waals surface area contributed by atoms with Crippen molar-refractivity contribution in [3.05, 3.63) is 29.8 Å². The molecular weight excluding hydrogens is 285 g/mol. The molecule has 0 aliphatic heterocycles. The number of ketones is 1. The van der Waals surface area contributed by atoms with E-state index in [0.29, 0.717) is 5.75 Å². The Bertz CT molecular complexity index is 485. The van der Waals surface area contributed by atoms with Gasteiger partial charge >= 0.3 is 6.18 Å². The molecule has 0 saturated carbocycles. The largest absolute Gasteiger partial charge is 0.544 e. The Balaban J connectivity index is 2.91.